The molecule has 0 saturated carbocycles. The van der Waals surface area contributed by atoms with Crippen molar-refractivity contribution < 1.29 is 9.59 Å². The maximum atomic E-state index is 12.5. The summed E-state index contributed by atoms with van der Waals surface area (Å²) in [6.45, 7) is 3.23. The number of anilines is 1. The highest BCUT2D eigenvalue weighted by Crippen LogP contribution is 2.22. The van der Waals surface area contributed by atoms with Gasteiger partial charge in [0.1, 0.15) is 0 Å². The highest BCUT2D eigenvalue weighted by Gasteiger charge is 2.27. The van der Waals surface area contributed by atoms with Gasteiger partial charge < -0.3 is 10.2 Å². The monoisotopic (exact) mass is 400 g/mol. The van der Waals surface area contributed by atoms with Crippen molar-refractivity contribution in [3.8, 4) is 0 Å². The number of rotatable bonds is 3. The highest BCUT2D eigenvalue weighted by atomic mass is 79.9. The van der Waals surface area contributed by atoms with E-state index in [1.807, 2.05) is 60.4 Å². The second-order valence-electron chi connectivity index (χ2n) is 6.43. The number of likely N-dealkylation sites (tertiary alicyclic amines) is 1. The fourth-order valence-corrected chi connectivity index (χ4v) is 3.35. The number of hydrogen-bond acceptors (Lipinski definition) is 2. The number of nitrogens with zero attached hydrogens (tertiary/aromatic N) is 1. The molecule has 0 bridgehead atoms. The molecular formula is C20H21BrN2O2. The fourth-order valence-electron chi connectivity index (χ4n) is 3.09. The van der Waals surface area contributed by atoms with Gasteiger partial charge in [0.2, 0.25) is 5.91 Å². The van der Waals surface area contributed by atoms with E-state index in [0.717, 1.165) is 15.7 Å². The number of benzene rings is 2. The minimum absolute atomic E-state index is 0.0324. The number of nitrogens with one attached hydrogen (secondary N) is 1. The largest absolute Gasteiger partial charge is 0.339 e. The van der Waals surface area contributed by atoms with E-state index < -0.39 is 0 Å². The second kappa shape index (κ2) is 7.83. The van der Waals surface area contributed by atoms with Gasteiger partial charge in [0.05, 0.1) is 0 Å². The van der Waals surface area contributed by atoms with Gasteiger partial charge in [-0.25, -0.2) is 0 Å². The van der Waals surface area contributed by atoms with Crippen molar-refractivity contribution in [3.05, 3.63) is 64.1 Å². The average molecular weight is 401 g/mol. The Morgan fingerprint density at radius 3 is 2.40 bits per heavy atom. The smallest absolute Gasteiger partial charge is 0.253 e. The van der Waals surface area contributed by atoms with Crippen LogP contribution in [0.5, 0.6) is 0 Å². The number of carbonyl (C=O) groups excluding carboxylic acids is 2. The molecule has 1 aliphatic heterocycles. The zero-order valence-electron chi connectivity index (χ0n) is 14.2. The molecule has 2 aromatic carbocycles. The summed E-state index contributed by atoms with van der Waals surface area (Å²) in [5, 5.41) is 2.99. The summed E-state index contributed by atoms with van der Waals surface area (Å²) >= 11 is 3.38. The van der Waals surface area contributed by atoms with Crippen molar-refractivity contribution in [3.63, 3.8) is 0 Å². The Hall–Kier alpha value is -2.14. The number of amides is 2. The maximum absolute atomic E-state index is 12.5. The van der Waals surface area contributed by atoms with Crippen molar-refractivity contribution in [2.45, 2.75) is 19.8 Å². The lowest BCUT2D eigenvalue weighted by atomic mass is 9.95. The van der Waals surface area contributed by atoms with Crippen molar-refractivity contribution in [2.24, 2.45) is 5.92 Å². The first-order valence-corrected chi connectivity index (χ1v) is 9.24. The van der Waals surface area contributed by atoms with Gasteiger partial charge in [0.25, 0.3) is 5.91 Å². The first-order valence-electron chi connectivity index (χ1n) is 8.45. The van der Waals surface area contributed by atoms with E-state index in [0.29, 0.717) is 31.5 Å². The molecule has 4 nitrogen and oxygen atoms in total. The molecule has 1 N–H and O–H groups in total. The van der Waals surface area contributed by atoms with E-state index in [4.69, 9.17) is 0 Å². The molecule has 25 heavy (non-hydrogen) atoms. The lowest BCUT2D eigenvalue weighted by Gasteiger charge is -2.31. The summed E-state index contributed by atoms with van der Waals surface area (Å²) in [6, 6.07) is 15.2. The van der Waals surface area contributed by atoms with Gasteiger partial charge in [-0.05, 0) is 61.7 Å². The first kappa shape index (κ1) is 17.7. The van der Waals surface area contributed by atoms with E-state index in [1.165, 1.54) is 0 Å². The Morgan fingerprint density at radius 1 is 1.08 bits per heavy atom. The average Bonchev–Trinajstić information content (AvgIpc) is 2.62. The topological polar surface area (TPSA) is 49.4 Å². The Labute approximate surface area is 156 Å². The normalized spacial score (nSPS) is 15.0. The van der Waals surface area contributed by atoms with Crippen LogP contribution in [0.1, 0.15) is 28.8 Å². The van der Waals surface area contributed by atoms with E-state index in [1.54, 1.807) is 0 Å². The van der Waals surface area contributed by atoms with Crippen LogP contribution in [0, 0.1) is 12.8 Å². The molecule has 1 fully saturated rings. The zero-order valence-corrected chi connectivity index (χ0v) is 15.8. The lowest BCUT2D eigenvalue weighted by Crippen LogP contribution is -2.41. The quantitative estimate of drug-likeness (QED) is 0.836. The van der Waals surface area contributed by atoms with Crippen LogP contribution in [0.15, 0.2) is 53.0 Å². The maximum Gasteiger partial charge on any atom is 0.253 e. The van der Waals surface area contributed by atoms with Crippen LogP contribution in [-0.4, -0.2) is 29.8 Å². The summed E-state index contributed by atoms with van der Waals surface area (Å²) in [5.41, 5.74) is 2.64. The molecule has 0 radical (unpaired) electrons. The molecule has 5 heteroatoms. The Balaban J connectivity index is 1.55. The van der Waals surface area contributed by atoms with E-state index >= 15 is 0 Å². The molecule has 2 aromatic rings. The highest BCUT2D eigenvalue weighted by molar-refractivity contribution is 9.10. The standard InChI is InChI=1S/C20H21BrN2O2/c1-14-3-2-4-18(13-14)22-19(24)15-9-11-23(12-10-15)20(25)16-5-7-17(21)8-6-16/h2-8,13,15H,9-12H2,1H3,(H,22,24). The minimum Gasteiger partial charge on any atom is -0.339 e. The third-order valence-electron chi connectivity index (χ3n) is 4.53. The summed E-state index contributed by atoms with van der Waals surface area (Å²) in [7, 11) is 0. The third-order valence-corrected chi connectivity index (χ3v) is 5.06. The first-order chi connectivity index (χ1) is 12.0. The zero-order chi connectivity index (χ0) is 17.8. The van der Waals surface area contributed by atoms with Crippen LogP contribution in [-0.2, 0) is 4.79 Å². The van der Waals surface area contributed by atoms with Crippen LogP contribution in [0.25, 0.3) is 0 Å². The molecule has 0 aromatic heterocycles. The van der Waals surface area contributed by atoms with Crippen molar-refractivity contribution in [1.29, 1.82) is 0 Å². The number of halogens is 1. The summed E-state index contributed by atoms with van der Waals surface area (Å²) in [6.07, 6.45) is 1.39. The van der Waals surface area contributed by atoms with Gasteiger partial charge in [-0.3, -0.25) is 9.59 Å². The SMILES string of the molecule is Cc1cccc(NC(=O)C2CCN(C(=O)c3ccc(Br)cc3)CC2)c1. The van der Waals surface area contributed by atoms with E-state index in [2.05, 4.69) is 21.2 Å². The molecule has 1 saturated heterocycles. The summed E-state index contributed by atoms with van der Waals surface area (Å²) < 4.78 is 0.954. The summed E-state index contributed by atoms with van der Waals surface area (Å²) in [5.74, 6) is 0.0286. The molecule has 0 atom stereocenters. The molecule has 130 valence electrons. The van der Waals surface area contributed by atoms with Gasteiger partial charge in [0, 0.05) is 34.7 Å². The van der Waals surface area contributed by atoms with Crippen LogP contribution in [0.2, 0.25) is 0 Å². The van der Waals surface area contributed by atoms with Crippen LogP contribution in [0.4, 0.5) is 5.69 Å². The number of hydrogen-bond donors (Lipinski definition) is 1. The minimum atomic E-state index is -0.0468. The van der Waals surface area contributed by atoms with Crippen molar-refractivity contribution >= 4 is 33.4 Å². The van der Waals surface area contributed by atoms with E-state index in [9.17, 15) is 9.59 Å². The Morgan fingerprint density at radius 2 is 1.76 bits per heavy atom. The molecule has 0 aliphatic carbocycles. The second-order valence-corrected chi connectivity index (χ2v) is 7.35. The third kappa shape index (κ3) is 4.48. The predicted molar refractivity (Wildman–Crippen MR) is 103 cm³/mol. The predicted octanol–water partition coefficient (Wildman–Crippen LogP) is 4.25. The number of aryl methyl sites for hydroxylation is 1. The Kier molecular flexibility index (Phi) is 5.53. The van der Waals surface area contributed by atoms with Crippen LogP contribution >= 0.6 is 15.9 Å². The van der Waals surface area contributed by atoms with Gasteiger partial charge >= 0.3 is 0 Å². The molecule has 0 unspecified atom stereocenters. The molecule has 1 heterocycles. The Bertz CT molecular complexity index is 766. The fraction of sp³-hybridized carbons (Fsp3) is 0.300. The molecular weight excluding hydrogens is 380 g/mol. The van der Waals surface area contributed by atoms with Crippen LogP contribution < -0.4 is 5.32 Å². The van der Waals surface area contributed by atoms with E-state index in [-0.39, 0.29) is 17.7 Å². The lowest BCUT2D eigenvalue weighted by molar-refractivity contribution is -0.121. The molecule has 3 rings (SSSR count). The number of carbonyl (C=O) groups is 2. The van der Waals surface area contributed by atoms with Crippen molar-refractivity contribution in [1.82, 2.24) is 4.90 Å². The number of piperidine rings is 1. The molecule has 1 aliphatic rings. The van der Waals surface area contributed by atoms with Gasteiger partial charge in [0.15, 0.2) is 0 Å². The van der Waals surface area contributed by atoms with Gasteiger partial charge in [-0.1, -0.05) is 28.1 Å². The molecule has 2 amide bonds. The van der Waals surface area contributed by atoms with Crippen LogP contribution in [0.3, 0.4) is 0 Å². The summed E-state index contributed by atoms with van der Waals surface area (Å²) in [4.78, 5) is 26.8. The van der Waals surface area contributed by atoms with Crippen molar-refractivity contribution in [2.75, 3.05) is 18.4 Å². The van der Waals surface area contributed by atoms with Gasteiger partial charge in [-0.2, -0.15) is 0 Å². The molecule has 0 spiro atoms. The van der Waals surface area contributed by atoms with Gasteiger partial charge in [-0.15, -0.1) is 0 Å².